The molecule has 23 heavy (non-hydrogen) atoms. The molecule has 0 bridgehead atoms. The number of nitrogens with zero attached hydrogens (tertiary/aromatic N) is 1. The second-order valence-electron chi connectivity index (χ2n) is 5.82. The normalized spacial score (nSPS) is 10.7. The highest BCUT2D eigenvalue weighted by Gasteiger charge is 2.16. The van der Waals surface area contributed by atoms with Gasteiger partial charge in [-0.05, 0) is 37.8 Å². The van der Waals surface area contributed by atoms with Crippen LogP contribution >= 0.6 is 0 Å². The Labute approximate surface area is 138 Å². The predicted molar refractivity (Wildman–Crippen MR) is 90.6 cm³/mol. The van der Waals surface area contributed by atoms with Crippen molar-refractivity contribution in [3.63, 3.8) is 0 Å². The minimum absolute atomic E-state index is 0.0241. The molecule has 1 rings (SSSR count). The van der Waals surface area contributed by atoms with Crippen LogP contribution in [0.15, 0.2) is 24.3 Å². The Hall–Kier alpha value is -1.91. The van der Waals surface area contributed by atoms with E-state index in [1.165, 1.54) is 24.3 Å². The molecule has 0 aromatic heterocycles. The zero-order chi connectivity index (χ0) is 17.1. The van der Waals surface area contributed by atoms with Gasteiger partial charge >= 0.3 is 5.97 Å². The summed E-state index contributed by atoms with van der Waals surface area (Å²) in [6.45, 7) is 4.30. The summed E-state index contributed by atoms with van der Waals surface area (Å²) in [5.74, 6) is -0.391. The van der Waals surface area contributed by atoms with Crippen LogP contribution in [0.5, 0.6) is 0 Å². The van der Waals surface area contributed by atoms with Crippen molar-refractivity contribution in [3.05, 3.63) is 39.9 Å². The van der Waals surface area contributed by atoms with Crippen molar-refractivity contribution in [2.75, 3.05) is 0 Å². The van der Waals surface area contributed by atoms with Crippen molar-refractivity contribution in [2.24, 2.45) is 0 Å². The van der Waals surface area contributed by atoms with Crippen molar-refractivity contribution >= 4 is 11.7 Å². The molecule has 1 aromatic rings. The first-order chi connectivity index (χ1) is 11.1. The molecule has 0 unspecified atom stereocenters. The molecule has 0 aliphatic rings. The van der Waals surface area contributed by atoms with Gasteiger partial charge in [-0.2, -0.15) is 0 Å². The lowest BCUT2D eigenvalue weighted by atomic mass is 10.0. The average molecular weight is 321 g/mol. The highest BCUT2D eigenvalue weighted by Crippen LogP contribution is 2.18. The first-order valence-electron chi connectivity index (χ1n) is 8.53. The van der Waals surface area contributed by atoms with E-state index in [1.54, 1.807) is 0 Å². The van der Waals surface area contributed by atoms with Crippen LogP contribution in [0.1, 0.15) is 75.6 Å². The number of esters is 1. The molecule has 1 aromatic carbocycles. The maximum Gasteiger partial charge on any atom is 0.338 e. The van der Waals surface area contributed by atoms with Crippen LogP contribution in [0.4, 0.5) is 5.69 Å². The number of rotatable bonds is 11. The number of nitro groups is 1. The topological polar surface area (TPSA) is 69.4 Å². The van der Waals surface area contributed by atoms with E-state index < -0.39 is 10.9 Å². The molecule has 0 radical (unpaired) electrons. The molecule has 0 amide bonds. The molecule has 0 aliphatic heterocycles. The summed E-state index contributed by atoms with van der Waals surface area (Å²) in [4.78, 5) is 22.4. The van der Waals surface area contributed by atoms with Gasteiger partial charge in [0, 0.05) is 12.1 Å². The number of nitro benzene ring substituents is 1. The Morgan fingerprint density at radius 3 is 2.00 bits per heavy atom. The molecule has 0 fully saturated rings. The van der Waals surface area contributed by atoms with Crippen LogP contribution in [0, 0.1) is 10.1 Å². The van der Waals surface area contributed by atoms with Crippen LogP contribution < -0.4 is 0 Å². The molecule has 0 aliphatic carbocycles. The van der Waals surface area contributed by atoms with Crippen molar-refractivity contribution in [3.8, 4) is 0 Å². The van der Waals surface area contributed by atoms with Gasteiger partial charge < -0.3 is 4.74 Å². The standard InChI is InChI=1S/C18H27NO4/c1-3-5-7-9-17(10-8-6-4-2)23-18(20)15-11-13-16(14-12-15)19(21)22/h11-14,17H,3-10H2,1-2H3. The Kier molecular flexibility index (Phi) is 8.95. The largest absolute Gasteiger partial charge is 0.459 e. The van der Waals surface area contributed by atoms with Gasteiger partial charge in [0.25, 0.3) is 5.69 Å². The smallest absolute Gasteiger partial charge is 0.338 e. The molecule has 128 valence electrons. The van der Waals surface area contributed by atoms with E-state index in [1.807, 2.05) is 0 Å². The van der Waals surface area contributed by atoms with Gasteiger partial charge in [0.2, 0.25) is 0 Å². The number of non-ortho nitro benzene ring substituents is 1. The Balaban J connectivity index is 2.60. The zero-order valence-corrected chi connectivity index (χ0v) is 14.1. The van der Waals surface area contributed by atoms with E-state index >= 15 is 0 Å². The van der Waals surface area contributed by atoms with Gasteiger partial charge in [-0.15, -0.1) is 0 Å². The maximum atomic E-state index is 12.2. The molecule has 5 heteroatoms. The number of unbranched alkanes of at least 4 members (excludes halogenated alkanes) is 4. The van der Waals surface area contributed by atoms with Gasteiger partial charge in [-0.3, -0.25) is 10.1 Å². The quantitative estimate of drug-likeness (QED) is 0.240. The number of hydrogen-bond donors (Lipinski definition) is 0. The first kappa shape index (κ1) is 19.1. The fourth-order valence-electron chi connectivity index (χ4n) is 2.44. The molecular weight excluding hydrogens is 294 g/mol. The molecule has 0 heterocycles. The summed E-state index contributed by atoms with van der Waals surface area (Å²) in [6, 6.07) is 5.57. The highest BCUT2D eigenvalue weighted by atomic mass is 16.6. The lowest BCUT2D eigenvalue weighted by Crippen LogP contribution is -2.18. The third-order valence-electron chi connectivity index (χ3n) is 3.85. The van der Waals surface area contributed by atoms with Crippen LogP contribution in [-0.4, -0.2) is 17.0 Å². The van der Waals surface area contributed by atoms with Gasteiger partial charge in [0.1, 0.15) is 6.10 Å². The van der Waals surface area contributed by atoms with Crippen LogP contribution in [0.3, 0.4) is 0 Å². The molecule has 0 N–H and O–H groups in total. The molecular formula is C18H27NO4. The van der Waals surface area contributed by atoms with E-state index in [-0.39, 0.29) is 11.8 Å². The minimum Gasteiger partial charge on any atom is -0.459 e. The second-order valence-corrected chi connectivity index (χ2v) is 5.82. The van der Waals surface area contributed by atoms with Crippen molar-refractivity contribution in [1.82, 2.24) is 0 Å². The predicted octanol–water partition coefficient (Wildman–Crippen LogP) is 5.28. The minimum atomic E-state index is -0.479. The molecule has 0 saturated carbocycles. The van der Waals surface area contributed by atoms with Gasteiger partial charge in [0.15, 0.2) is 0 Å². The van der Waals surface area contributed by atoms with Gasteiger partial charge in [-0.1, -0.05) is 39.5 Å². The average Bonchev–Trinajstić information content (AvgIpc) is 2.55. The number of benzene rings is 1. The van der Waals surface area contributed by atoms with E-state index in [0.717, 1.165) is 51.4 Å². The lowest BCUT2D eigenvalue weighted by molar-refractivity contribution is -0.384. The van der Waals surface area contributed by atoms with Crippen LogP contribution in [0.25, 0.3) is 0 Å². The SMILES string of the molecule is CCCCCC(CCCCC)OC(=O)c1ccc([N+](=O)[O-])cc1. The van der Waals surface area contributed by atoms with E-state index in [0.29, 0.717) is 5.56 Å². The summed E-state index contributed by atoms with van der Waals surface area (Å²) in [5.41, 5.74) is 0.343. The monoisotopic (exact) mass is 321 g/mol. The van der Waals surface area contributed by atoms with Crippen molar-refractivity contribution in [2.45, 2.75) is 71.3 Å². The summed E-state index contributed by atoms with van der Waals surface area (Å²) >= 11 is 0. The second kappa shape index (κ2) is 10.8. The Bertz CT molecular complexity index is 474. The van der Waals surface area contributed by atoms with E-state index in [4.69, 9.17) is 4.74 Å². The Morgan fingerprint density at radius 1 is 1.04 bits per heavy atom. The summed E-state index contributed by atoms with van der Waals surface area (Å²) in [6.07, 6.45) is 8.37. The molecule has 0 saturated heterocycles. The zero-order valence-electron chi connectivity index (χ0n) is 14.1. The third kappa shape index (κ3) is 7.26. The maximum absolute atomic E-state index is 12.2. The molecule has 5 nitrogen and oxygen atoms in total. The summed E-state index contributed by atoms with van der Waals surface area (Å²) in [7, 11) is 0. The number of carbonyl (C=O) groups is 1. The van der Waals surface area contributed by atoms with Gasteiger partial charge in [-0.25, -0.2) is 4.79 Å². The van der Waals surface area contributed by atoms with Crippen molar-refractivity contribution < 1.29 is 14.5 Å². The van der Waals surface area contributed by atoms with E-state index in [9.17, 15) is 14.9 Å². The van der Waals surface area contributed by atoms with Crippen LogP contribution in [-0.2, 0) is 4.74 Å². The number of ether oxygens (including phenoxy) is 1. The highest BCUT2D eigenvalue weighted by molar-refractivity contribution is 5.89. The molecule has 0 atom stereocenters. The number of hydrogen-bond acceptors (Lipinski definition) is 4. The van der Waals surface area contributed by atoms with Gasteiger partial charge in [0.05, 0.1) is 10.5 Å². The fourth-order valence-corrected chi connectivity index (χ4v) is 2.44. The Morgan fingerprint density at radius 2 is 1.57 bits per heavy atom. The third-order valence-corrected chi connectivity index (χ3v) is 3.85. The summed E-state index contributed by atoms with van der Waals surface area (Å²) in [5, 5.41) is 10.6. The fraction of sp³-hybridized carbons (Fsp3) is 0.611. The lowest BCUT2D eigenvalue weighted by Gasteiger charge is -2.18. The van der Waals surface area contributed by atoms with E-state index in [2.05, 4.69) is 13.8 Å². The molecule has 0 spiro atoms. The summed E-state index contributed by atoms with van der Waals surface area (Å²) < 4.78 is 5.62. The first-order valence-corrected chi connectivity index (χ1v) is 8.53. The van der Waals surface area contributed by atoms with Crippen molar-refractivity contribution in [1.29, 1.82) is 0 Å². The van der Waals surface area contributed by atoms with Crippen LogP contribution in [0.2, 0.25) is 0 Å². The number of carbonyl (C=O) groups excluding carboxylic acids is 1.